The number of ether oxygens (including phenoxy) is 1. The van der Waals surface area contributed by atoms with Crippen molar-refractivity contribution in [2.75, 3.05) is 13.7 Å². The van der Waals surface area contributed by atoms with Crippen LogP contribution in [-0.4, -0.2) is 29.3 Å². The maximum atomic E-state index is 12.4. The highest BCUT2D eigenvalue weighted by molar-refractivity contribution is 9.10. The lowest BCUT2D eigenvalue weighted by Crippen LogP contribution is -2.15. The van der Waals surface area contributed by atoms with E-state index in [4.69, 9.17) is 16.3 Å². The van der Waals surface area contributed by atoms with Crippen LogP contribution in [0.15, 0.2) is 34.9 Å². The molecule has 0 spiro atoms. The van der Waals surface area contributed by atoms with E-state index in [-0.39, 0.29) is 5.78 Å². The molecule has 0 aliphatic heterocycles. The zero-order chi connectivity index (χ0) is 14.5. The molecule has 0 saturated carbocycles. The number of carbonyl (C=O) groups is 1. The molecule has 0 unspecified atom stereocenters. The van der Waals surface area contributed by atoms with E-state index < -0.39 is 0 Å². The van der Waals surface area contributed by atoms with Crippen molar-refractivity contribution in [1.82, 2.24) is 9.78 Å². The van der Waals surface area contributed by atoms with Gasteiger partial charge in [-0.25, -0.2) is 0 Å². The maximum Gasteiger partial charge on any atom is 0.186 e. The second-order valence-corrected chi connectivity index (χ2v) is 5.61. The van der Waals surface area contributed by atoms with Crippen LogP contribution in [-0.2, 0) is 17.7 Å². The molecule has 0 aliphatic rings. The summed E-state index contributed by atoms with van der Waals surface area (Å²) >= 11 is 9.43. The van der Waals surface area contributed by atoms with E-state index in [9.17, 15) is 4.79 Å². The normalized spacial score (nSPS) is 10.8. The smallest absolute Gasteiger partial charge is 0.186 e. The Labute approximate surface area is 130 Å². The number of halogens is 2. The lowest BCUT2D eigenvalue weighted by molar-refractivity contribution is 0.0979. The van der Waals surface area contributed by atoms with Crippen molar-refractivity contribution in [3.8, 4) is 0 Å². The highest BCUT2D eigenvalue weighted by atomic mass is 79.9. The van der Waals surface area contributed by atoms with Crippen LogP contribution in [0.5, 0.6) is 0 Å². The zero-order valence-electron chi connectivity index (χ0n) is 11.0. The molecule has 0 atom stereocenters. The number of nitrogens with zero attached hydrogens (tertiary/aromatic N) is 2. The molecule has 0 fully saturated rings. The molecule has 2 rings (SSSR count). The zero-order valence-corrected chi connectivity index (χ0v) is 13.3. The van der Waals surface area contributed by atoms with Crippen LogP contribution in [0.3, 0.4) is 0 Å². The van der Waals surface area contributed by atoms with Gasteiger partial charge in [-0.1, -0.05) is 39.7 Å². The highest BCUT2D eigenvalue weighted by Crippen LogP contribution is 2.18. The summed E-state index contributed by atoms with van der Waals surface area (Å²) in [5.41, 5.74) is 1.38. The Hall–Kier alpha value is -1.17. The molecule has 1 heterocycles. The van der Waals surface area contributed by atoms with Crippen LogP contribution in [0.25, 0.3) is 0 Å². The first-order chi connectivity index (χ1) is 9.61. The minimum Gasteiger partial charge on any atom is -0.383 e. The third-order valence-corrected chi connectivity index (χ3v) is 3.65. The van der Waals surface area contributed by atoms with Gasteiger partial charge < -0.3 is 4.74 Å². The van der Waals surface area contributed by atoms with Gasteiger partial charge in [-0.15, -0.1) is 0 Å². The molecule has 4 nitrogen and oxygen atoms in total. The number of hydrogen-bond donors (Lipinski definition) is 0. The summed E-state index contributed by atoms with van der Waals surface area (Å²) in [7, 11) is 1.61. The molecule has 0 aliphatic carbocycles. The maximum absolute atomic E-state index is 12.4. The lowest BCUT2D eigenvalue weighted by Gasteiger charge is -2.07. The molecule has 0 saturated heterocycles. The van der Waals surface area contributed by atoms with E-state index in [0.717, 1.165) is 10.0 Å². The summed E-state index contributed by atoms with van der Waals surface area (Å²) < 4.78 is 7.57. The number of aromatic nitrogens is 2. The topological polar surface area (TPSA) is 44.1 Å². The van der Waals surface area contributed by atoms with Crippen LogP contribution in [0.4, 0.5) is 0 Å². The summed E-state index contributed by atoms with van der Waals surface area (Å²) in [6.45, 7) is 0.987. The Balaban J connectivity index is 2.16. The molecule has 0 amide bonds. The number of Topliss-reactive ketones (excluding diaryl/α,β-unsaturated/α-hetero) is 1. The van der Waals surface area contributed by atoms with Gasteiger partial charge >= 0.3 is 0 Å². The molecule has 0 bridgehead atoms. The molecule has 2 aromatic rings. The average molecular weight is 358 g/mol. The minimum absolute atomic E-state index is 0.0501. The number of benzene rings is 1. The van der Waals surface area contributed by atoms with Gasteiger partial charge in [0.25, 0.3) is 0 Å². The molecule has 20 heavy (non-hydrogen) atoms. The molecule has 1 aromatic carbocycles. The standard InChI is InChI=1S/C14H14BrClN2O2/c1-20-7-6-18-14(12(16)9-17-18)13(19)8-10-2-4-11(15)5-3-10/h2-5,9H,6-8H2,1H3. The monoisotopic (exact) mass is 356 g/mol. The molecule has 106 valence electrons. The van der Waals surface area contributed by atoms with Crippen molar-refractivity contribution >= 4 is 33.3 Å². The van der Waals surface area contributed by atoms with Crippen LogP contribution in [0.2, 0.25) is 5.02 Å². The largest absolute Gasteiger partial charge is 0.383 e. The Bertz CT molecular complexity index is 596. The third kappa shape index (κ3) is 3.69. The van der Waals surface area contributed by atoms with Gasteiger partial charge in [0.15, 0.2) is 5.78 Å². The summed E-state index contributed by atoms with van der Waals surface area (Å²) in [5.74, 6) is -0.0501. The van der Waals surface area contributed by atoms with Gasteiger partial charge in [0.05, 0.1) is 24.4 Å². The number of ketones is 1. The van der Waals surface area contributed by atoms with Gasteiger partial charge in [-0.05, 0) is 17.7 Å². The fourth-order valence-corrected chi connectivity index (χ4v) is 2.37. The number of carbonyl (C=O) groups excluding carboxylic acids is 1. The molecular weight excluding hydrogens is 344 g/mol. The Morgan fingerprint density at radius 2 is 2.10 bits per heavy atom. The SMILES string of the molecule is COCCn1ncc(Cl)c1C(=O)Cc1ccc(Br)cc1. The van der Waals surface area contributed by atoms with E-state index in [1.54, 1.807) is 11.8 Å². The van der Waals surface area contributed by atoms with E-state index in [0.29, 0.717) is 30.3 Å². The first-order valence-electron chi connectivity index (χ1n) is 6.09. The van der Waals surface area contributed by atoms with Crippen molar-refractivity contribution in [2.24, 2.45) is 0 Å². The first kappa shape index (κ1) is 15.2. The second-order valence-electron chi connectivity index (χ2n) is 4.28. The van der Waals surface area contributed by atoms with Crippen molar-refractivity contribution in [1.29, 1.82) is 0 Å². The Kier molecular flexibility index (Phi) is 5.34. The second kappa shape index (κ2) is 7.02. The molecule has 0 radical (unpaired) electrons. The lowest BCUT2D eigenvalue weighted by atomic mass is 10.1. The van der Waals surface area contributed by atoms with E-state index in [1.807, 2.05) is 24.3 Å². The van der Waals surface area contributed by atoms with Crippen LogP contribution in [0.1, 0.15) is 16.1 Å². The Morgan fingerprint density at radius 3 is 2.75 bits per heavy atom. The summed E-state index contributed by atoms with van der Waals surface area (Å²) in [4.78, 5) is 12.4. The van der Waals surface area contributed by atoms with Crippen molar-refractivity contribution in [3.63, 3.8) is 0 Å². The van der Waals surface area contributed by atoms with Crippen LogP contribution in [0, 0.1) is 0 Å². The van der Waals surface area contributed by atoms with E-state index >= 15 is 0 Å². The number of rotatable bonds is 6. The summed E-state index contributed by atoms with van der Waals surface area (Å²) in [6, 6.07) is 7.64. The van der Waals surface area contributed by atoms with Crippen molar-refractivity contribution in [2.45, 2.75) is 13.0 Å². The van der Waals surface area contributed by atoms with E-state index in [1.165, 1.54) is 6.20 Å². The Morgan fingerprint density at radius 1 is 1.40 bits per heavy atom. The third-order valence-electron chi connectivity index (χ3n) is 2.84. The molecule has 6 heteroatoms. The van der Waals surface area contributed by atoms with Crippen molar-refractivity contribution in [3.05, 3.63) is 51.2 Å². The van der Waals surface area contributed by atoms with Gasteiger partial charge in [-0.3, -0.25) is 9.48 Å². The van der Waals surface area contributed by atoms with E-state index in [2.05, 4.69) is 21.0 Å². The predicted octanol–water partition coefficient (Wildman–Crippen LogP) is 3.37. The predicted molar refractivity (Wildman–Crippen MR) is 81.3 cm³/mol. The first-order valence-corrected chi connectivity index (χ1v) is 7.27. The average Bonchev–Trinajstić information content (AvgIpc) is 2.80. The summed E-state index contributed by atoms with van der Waals surface area (Å²) in [5, 5.41) is 4.48. The van der Waals surface area contributed by atoms with Crippen LogP contribution >= 0.6 is 27.5 Å². The highest BCUT2D eigenvalue weighted by Gasteiger charge is 2.17. The number of hydrogen-bond acceptors (Lipinski definition) is 3. The van der Waals surface area contributed by atoms with Gasteiger partial charge in [0.2, 0.25) is 0 Å². The molecule has 1 aromatic heterocycles. The van der Waals surface area contributed by atoms with Gasteiger partial charge in [0.1, 0.15) is 5.69 Å². The fourth-order valence-electron chi connectivity index (χ4n) is 1.86. The van der Waals surface area contributed by atoms with Crippen LogP contribution < -0.4 is 0 Å². The quantitative estimate of drug-likeness (QED) is 0.745. The van der Waals surface area contributed by atoms with Gasteiger partial charge in [0, 0.05) is 18.0 Å². The number of methoxy groups -OCH3 is 1. The minimum atomic E-state index is -0.0501. The molecular formula is C14H14BrClN2O2. The summed E-state index contributed by atoms with van der Waals surface area (Å²) in [6.07, 6.45) is 1.79. The van der Waals surface area contributed by atoms with Gasteiger partial charge in [-0.2, -0.15) is 5.10 Å². The fraction of sp³-hybridized carbons (Fsp3) is 0.286. The molecule has 0 N–H and O–H groups in total. The van der Waals surface area contributed by atoms with Crippen molar-refractivity contribution < 1.29 is 9.53 Å².